The van der Waals surface area contributed by atoms with Crippen molar-refractivity contribution in [1.29, 1.82) is 0 Å². The van der Waals surface area contributed by atoms with E-state index < -0.39 is 0 Å². The molecule has 0 aliphatic carbocycles. The Labute approximate surface area is 128 Å². The van der Waals surface area contributed by atoms with Gasteiger partial charge in [0.05, 0.1) is 0 Å². The SMILES string of the molecule is Cc1c(C(=O)NCC2CNC2)c(=O)[nH]c2ccccc12.Cl. The normalized spacial score (nSPS) is 14.3. The molecule has 1 aromatic heterocycles. The molecule has 2 heterocycles. The van der Waals surface area contributed by atoms with Gasteiger partial charge < -0.3 is 15.6 Å². The van der Waals surface area contributed by atoms with E-state index >= 15 is 0 Å². The van der Waals surface area contributed by atoms with E-state index in [4.69, 9.17) is 0 Å². The Bertz CT molecular complexity index is 722. The van der Waals surface area contributed by atoms with Crippen LogP contribution >= 0.6 is 12.4 Å². The minimum atomic E-state index is -0.328. The van der Waals surface area contributed by atoms with E-state index in [0.717, 1.165) is 29.6 Å². The van der Waals surface area contributed by atoms with E-state index in [0.29, 0.717) is 12.5 Å². The standard InChI is InChI=1S/C15H17N3O2.ClH/c1-9-11-4-2-3-5-12(11)18-15(20)13(9)14(19)17-8-10-6-16-7-10;/h2-5,10,16H,6-8H2,1H3,(H,17,19)(H,18,20);1H. The van der Waals surface area contributed by atoms with Crippen LogP contribution in [-0.2, 0) is 0 Å². The molecule has 0 atom stereocenters. The number of nitrogens with one attached hydrogen (secondary N) is 3. The summed E-state index contributed by atoms with van der Waals surface area (Å²) in [7, 11) is 0. The lowest BCUT2D eigenvalue weighted by Crippen LogP contribution is -2.48. The molecule has 0 saturated carbocycles. The first-order valence-corrected chi connectivity index (χ1v) is 6.77. The van der Waals surface area contributed by atoms with Gasteiger partial charge in [0.25, 0.3) is 11.5 Å². The van der Waals surface area contributed by atoms with E-state index in [1.54, 1.807) is 0 Å². The van der Waals surface area contributed by atoms with Crippen molar-refractivity contribution in [3.8, 4) is 0 Å². The molecular formula is C15H18ClN3O2. The fourth-order valence-corrected chi connectivity index (χ4v) is 2.50. The molecule has 112 valence electrons. The van der Waals surface area contributed by atoms with E-state index in [-0.39, 0.29) is 29.4 Å². The molecule has 6 heteroatoms. The quantitative estimate of drug-likeness (QED) is 0.798. The van der Waals surface area contributed by atoms with Crippen LogP contribution in [0.4, 0.5) is 0 Å². The van der Waals surface area contributed by atoms with Gasteiger partial charge in [-0.2, -0.15) is 0 Å². The number of aryl methyl sites for hydroxylation is 1. The second-order valence-corrected chi connectivity index (χ2v) is 5.23. The molecule has 0 spiro atoms. The van der Waals surface area contributed by atoms with Gasteiger partial charge in [-0.15, -0.1) is 12.4 Å². The van der Waals surface area contributed by atoms with Crippen LogP contribution in [0.5, 0.6) is 0 Å². The van der Waals surface area contributed by atoms with Crippen molar-refractivity contribution in [2.75, 3.05) is 19.6 Å². The number of benzene rings is 1. The third kappa shape index (κ3) is 2.94. The van der Waals surface area contributed by atoms with Crippen LogP contribution in [0, 0.1) is 12.8 Å². The lowest BCUT2D eigenvalue weighted by Gasteiger charge is -2.27. The lowest BCUT2D eigenvalue weighted by atomic mass is 10.0. The topological polar surface area (TPSA) is 74.0 Å². The number of carbonyl (C=O) groups is 1. The number of rotatable bonds is 3. The number of amides is 1. The maximum absolute atomic E-state index is 12.2. The van der Waals surface area contributed by atoms with Crippen molar-refractivity contribution in [3.63, 3.8) is 0 Å². The van der Waals surface area contributed by atoms with Crippen LogP contribution in [0.2, 0.25) is 0 Å². The first kappa shape index (κ1) is 15.5. The summed E-state index contributed by atoms with van der Waals surface area (Å²) in [6.45, 7) is 4.27. The van der Waals surface area contributed by atoms with Crippen molar-refractivity contribution in [3.05, 3.63) is 45.7 Å². The van der Waals surface area contributed by atoms with E-state index in [1.165, 1.54) is 0 Å². The van der Waals surface area contributed by atoms with Crippen LogP contribution in [0.1, 0.15) is 15.9 Å². The Morgan fingerprint density at radius 1 is 1.33 bits per heavy atom. The van der Waals surface area contributed by atoms with Crippen LogP contribution in [0.25, 0.3) is 10.9 Å². The maximum Gasteiger partial charge on any atom is 0.261 e. The summed E-state index contributed by atoms with van der Waals surface area (Å²) in [5.41, 5.74) is 1.38. The molecule has 1 fully saturated rings. The Morgan fingerprint density at radius 3 is 2.71 bits per heavy atom. The second kappa shape index (κ2) is 6.28. The van der Waals surface area contributed by atoms with Gasteiger partial charge in [0, 0.05) is 36.5 Å². The van der Waals surface area contributed by atoms with E-state index in [9.17, 15) is 9.59 Å². The molecule has 1 aromatic carbocycles. The molecule has 0 radical (unpaired) electrons. The number of para-hydroxylation sites is 1. The zero-order chi connectivity index (χ0) is 14.1. The highest BCUT2D eigenvalue weighted by Gasteiger charge is 2.20. The van der Waals surface area contributed by atoms with Crippen molar-refractivity contribution in [2.24, 2.45) is 5.92 Å². The van der Waals surface area contributed by atoms with Gasteiger partial charge in [0.15, 0.2) is 0 Å². The average molecular weight is 308 g/mol. The number of halogens is 1. The zero-order valence-corrected chi connectivity index (χ0v) is 12.5. The largest absolute Gasteiger partial charge is 0.351 e. The van der Waals surface area contributed by atoms with Gasteiger partial charge in [-0.3, -0.25) is 9.59 Å². The van der Waals surface area contributed by atoms with Gasteiger partial charge in [-0.05, 0) is 18.6 Å². The number of aromatic amines is 1. The molecule has 1 aliphatic rings. The maximum atomic E-state index is 12.2. The molecule has 21 heavy (non-hydrogen) atoms. The number of hydrogen-bond donors (Lipinski definition) is 3. The van der Waals surface area contributed by atoms with Gasteiger partial charge >= 0.3 is 0 Å². The molecule has 3 N–H and O–H groups in total. The molecule has 1 amide bonds. The Hall–Kier alpha value is -1.85. The monoisotopic (exact) mass is 307 g/mol. The fraction of sp³-hybridized carbons (Fsp3) is 0.333. The number of hydrogen-bond acceptors (Lipinski definition) is 3. The molecule has 0 bridgehead atoms. The molecule has 2 aromatic rings. The van der Waals surface area contributed by atoms with E-state index in [2.05, 4.69) is 15.6 Å². The number of aromatic nitrogens is 1. The van der Waals surface area contributed by atoms with Crippen molar-refractivity contribution < 1.29 is 4.79 Å². The third-order valence-corrected chi connectivity index (χ3v) is 3.83. The summed E-state index contributed by atoms with van der Waals surface area (Å²) in [5, 5.41) is 6.91. The average Bonchev–Trinajstić information content (AvgIpc) is 2.37. The highest BCUT2D eigenvalue weighted by molar-refractivity contribution is 5.99. The van der Waals surface area contributed by atoms with Gasteiger partial charge in [0.2, 0.25) is 0 Å². The molecule has 1 aliphatic heterocycles. The van der Waals surface area contributed by atoms with Gasteiger partial charge in [-0.25, -0.2) is 0 Å². The Morgan fingerprint density at radius 2 is 2.05 bits per heavy atom. The van der Waals surface area contributed by atoms with Crippen LogP contribution in [0.3, 0.4) is 0 Å². The summed E-state index contributed by atoms with van der Waals surface area (Å²) in [5.74, 6) is 0.181. The van der Waals surface area contributed by atoms with Gasteiger partial charge in [0.1, 0.15) is 5.56 Å². The predicted molar refractivity (Wildman–Crippen MR) is 85.2 cm³/mol. The summed E-state index contributed by atoms with van der Waals surface area (Å²) in [6.07, 6.45) is 0. The Kier molecular flexibility index (Phi) is 4.65. The van der Waals surface area contributed by atoms with Crippen LogP contribution in [-0.4, -0.2) is 30.5 Å². The molecule has 1 saturated heterocycles. The smallest absolute Gasteiger partial charge is 0.261 e. The summed E-state index contributed by atoms with van der Waals surface area (Å²) in [6, 6.07) is 7.51. The minimum absolute atomic E-state index is 0. The molecule has 0 unspecified atom stereocenters. The predicted octanol–water partition coefficient (Wildman–Crippen LogP) is 1.21. The number of fused-ring (bicyclic) bond motifs is 1. The number of carbonyl (C=O) groups excluding carboxylic acids is 1. The summed E-state index contributed by atoms with van der Waals surface area (Å²) in [4.78, 5) is 27.1. The second-order valence-electron chi connectivity index (χ2n) is 5.23. The Balaban J connectivity index is 0.00000161. The molecule has 3 rings (SSSR count). The van der Waals surface area contributed by atoms with Crippen molar-refractivity contribution in [1.82, 2.24) is 15.6 Å². The van der Waals surface area contributed by atoms with Gasteiger partial charge in [-0.1, -0.05) is 18.2 Å². The highest BCUT2D eigenvalue weighted by Crippen LogP contribution is 2.16. The molecular weight excluding hydrogens is 290 g/mol. The minimum Gasteiger partial charge on any atom is -0.351 e. The van der Waals surface area contributed by atoms with Crippen LogP contribution < -0.4 is 16.2 Å². The highest BCUT2D eigenvalue weighted by atomic mass is 35.5. The van der Waals surface area contributed by atoms with Crippen molar-refractivity contribution >= 4 is 29.2 Å². The van der Waals surface area contributed by atoms with Crippen LogP contribution in [0.15, 0.2) is 29.1 Å². The summed E-state index contributed by atoms with van der Waals surface area (Å²) >= 11 is 0. The molecule has 5 nitrogen and oxygen atoms in total. The fourth-order valence-electron chi connectivity index (χ4n) is 2.50. The first-order valence-electron chi connectivity index (χ1n) is 6.77. The van der Waals surface area contributed by atoms with Crippen molar-refractivity contribution in [2.45, 2.75) is 6.92 Å². The number of H-pyrrole nitrogens is 1. The third-order valence-electron chi connectivity index (χ3n) is 3.83. The van der Waals surface area contributed by atoms with E-state index in [1.807, 2.05) is 31.2 Å². The number of pyridine rings is 1. The lowest BCUT2D eigenvalue weighted by molar-refractivity contribution is 0.0940. The first-order chi connectivity index (χ1) is 9.66. The summed E-state index contributed by atoms with van der Waals surface area (Å²) < 4.78 is 0. The zero-order valence-electron chi connectivity index (χ0n) is 11.7.